The van der Waals surface area contributed by atoms with Crippen LogP contribution in [0.2, 0.25) is 0 Å². The van der Waals surface area contributed by atoms with Crippen molar-refractivity contribution in [1.29, 1.82) is 0 Å². The van der Waals surface area contributed by atoms with Gasteiger partial charge < -0.3 is 10.4 Å². The molecule has 0 saturated heterocycles. The quantitative estimate of drug-likeness (QED) is 0.840. The van der Waals surface area contributed by atoms with Crippen molar-refractivity contribution >= 4 is 5.91 Å². The average Bonchev–Trinajstić information content (AvgIpc) is 2.37. The van der Waals surface area contributed by atoms with Crippen molar-refractivity contribution in [3.63, 3.8) is 0 Å². The predicted octanol–water partition coefficient (Wildman–Crippen LogP) is 2.52. The van der Waals surface area contributed by atoms with Crippen molar-refractivity contribution in [3.8, 4) is 0 Å². The number of rotatable bonds is 6. The van der Waals surface area contributed by atoms with E-state index in [0.717, 1.165) is 31.2 Å². The highest BCUT2D eigenvalue weighted by Crippen LogP contribution is 2.44. The highest BCUT2D eigenvalue weighted by atomic mass is 19.1. The van der Waals surface area contributed by atoms with Gasteiger partial charge in [0.05, 0.1) is 5.41 Å². The predicted molar refractivity (Wildman–Crippen MR) is 75.9 cm³/mol. The maximum Gasteiger partial charge on any atom is 0.230 e. The Morgan fingerprint density at radius 3 is 2.55 bits per heavy atom. The van der Waals surface area contributed by atoms with Gasteiger partial charge in [0, 0.05) is 12.6 Å². The van der Waals surface area contributed by atoms with Crippen LogP contribution in [0.3, 0.4) is 0 Å². The van der Waals surface area contributed by atoms with Gasteiger partial charge in [-0.1, -0.05) is 18.6 Å². The second kappa shape index (κ2) is 6.35. The zero-order chi connectivity index (χ0) is 14.6. The second-order valence-corrected chi connectivity index (χ2v) is 5.68. The maximum absolute atomic E-state index is 13.0. The molecule has 1 aromatic carbocycles. The number of hydrogen-bond acceptors (Lipinski definition) is 2. The monoisotopic (exact) mass is 279 g/mol. The smallest absolute Gasteiger partial charge is 0.230 e. The SMILES string of the molecule is CC(CCCO)NC(=O)C1(c2ccc(F)cc2)CCC1. The Bertz CT molecular complexity index is 454. The van der Waals surface area contributed by atoms with E-state index in [1.54, 1.807) is 12.1 Å². The maximum atomic E-state index is 13.0. The van der Waals surface area contributed by atoms with Gasteiger partial charge in [0.15, 0.2) is 0 Å². The van der Waals surface area contributed by atoms with Crippen LogP contribution in [-0.2, 0) is 10.2 Å². The molecule has 0 bridgehead atoms. The van der Waals surface area contributed by atoms with Crippen molar-refractivity contribution in [3.05, 3.63) is 35.6 Å². The first-order valence-electron chi connectivity index (χ1n) is 7.26. The molecule has 0 aliphatic heterocycles. The zero-order valence-electron chi connectivity index (χ0n) is 11.9. The van der Waals surface area contributed by atoms with E-state index in [1.807, 2.05) is 6.92 Å². The van der Waals surface area contributed by atoms with Crippen molar-refractivity contribution in [2.24, 2.45) is 0 Å². The Hall–Kier alpha value is -1.42. The summed E-state index contributed by atoms with van der Waals surface area (Å²) in [6.07, 6.45) is 4.11. The molecule has 3 nitrogen and oxygen atoms in total. The van der Waals surface area contributed by atoms with Gasteiger partial charge in [0.2, 0.25) is 5.91 Å². The summed E-state index contributed by atoms with van der Waals surface area (Å²) in [5, 5.41) is 11.8. The molecule has 2 rings (SSSR count). The van der Waals surface area contributed by atoms with Crippen LogP contribution in [0.5, 0.6) is 0 Å². The summed E-state index contributed by atoms with van der Waals surface area (Å²) < 4.78 is 13.0. The van der Waals surface area contributed by atoms with E-state index in [1.165, 1.54) is 12.1 Å². The largest absolute Gasteiger partial charge is 0.396 e. The summed E-state index contributed by atoms with van der Waals surface area (Å²) >= 11 is 0. The van der Waals surface area contributed by atoms with Crippen molar-refractivity contribution in [2.75, 3.05) is 6.61 Å². The molecule has 1 saturated carbocycles. The van der Waals surface area contributed by atoms with Crippen molar-refractivity contribution in [2.45, 2.75) is 50.5 Å². The number of aliphatic hydroxyl groups excluding tert-OH is 1. The number of amides is 1. The first-order valence-corrected chi connectivity index (χ1v) is 7.26. The van der Waals surface area contributed by atoms with Crippen molar-refractivity contribution < 1.29 is 14.3 Å². The minimum absolute atomic E-state index is 0.0285. The number of carbonyl (C=O) groups excluding carboxylic acids is 1. The summed E-state index contributed by atoms with van der Waals surface area (Å²) in [6, 6.07) is 6.31. The van der Waals surface area contributed by atoms with Gasteiger partial charge >= 0.3 is 0 Å². The molecule has 0 aromatic heterocycles. The summed E-state index contributed by atoms with van der Waals surface area (Å²) in [5.41, 5.74) is 0.415. The Morgan fingerprint density at radius 2 is 2.05 bits per heavy atom. The molecule has 1 aliphatic carbocycles. The third-order valence-corrected chi connectivity index (χ3v) is 4.21. The van der Waals surface area contributed by atoms with Gasteiger partial charge in [-0.2, -0.15) is 0 Å². The minimum atomic E-state index is -0.485. The summed E-state index contributed by atoms with van der Waals surface area (Å²) in [5.74, 6) is -0.249. The van der Waals surface area contributed by atoms with Gasteiger partial charge in [0.1, 0.15) is 5.82 Å². The van der Waals surface area contributed by atoms with Gasteiger partial charge in [-0.25, -0.2) is 4.39 Å². The number of benzene rings is 1. The van der Waals surface area contributed by atoms with E-state index < -0.39 is 5.41 Å². The zero-order valence-corrected chi connectivity index (χ0v) is 11.9. The fraction of sp³-hybridized carbons (Fsp3) is 0.562. The average molecular weight is 279 g/mol. The standard InChI is InChI=1S/C16H22FNO2/c1-12(4-2-11-19)18-15(20)16(9-3-10-16)13-5-7-14(17)8-6-13/h5-8,12,19H,2-4,9-11H2,1H3,(H,18,20). The molecular formula is C16H22FNO2. The number of nitrogens with one attached hydrogen (secondary N) is 1. The first-order chi connectivity index (χ1) is 9.58. The van der Waals surface area contributed by atoms with Crippen LogP contribution in [-0.4, -0.2) is 23.7 Å². The molecule has 2 N–H and O–H groups in total. The van der Waals surface area contributed by atoms with Crippen molar-refractivity contribution in [1.82, 2.24) is 5.32 Å². The molecular weight excluding hydrogens is 257 g/mol. The third kappa shape index (κ3) is 3.01. The number of hydrogen-bond donors (Lipinski definition) is 2. The number of halogens is 1. The lowest BCUT2D eigenvalue weighted by molar-refractivity contribution is -0.130. The molecule has 110 valence electrons. The fourth-order valence-electron chi connectivity index (χ4n) is 2.78. The fourth-order valence-corrected chi connectivity index (χ4v) is 2.78. The lowest BCUT2D eigenvalue weighted by Gasteiger charge is -2.41. The van der Waals surface area contributed by atoms with E-state index in [-0.39, 0.29) is 24.4 Å². The minimum Gasteiger partial charge on any atom is -0.396 e. The summed E-state index contributed by atoms with van der Waals surface area (Å²) in [6.45, 7) is 2.09. The van der Waals surface area contributed by atoms with E-state index in [9.17, 15) is 9.18 Å². The van der Waals surface area contributed by atoms with Crippen LogP contribution in [0.15, 0.2) is 24.3 Å². The Labute approximate surface area is 119 Å². The summed E-state index contributed by atoms with van der Waals surface area (Å²) in [4.78, 5) is 12.5. The molecule has 1 amide bonds. The molecule has 0 radical (unpaired) electrons. The van der Waals surface area contributed by atoms with E-state index >= 15 is 0 Å². The molecule has 20 heavy (non-hydrogen) atoms. The van der Waals surface area contributed by atoms with Crippen LogP contribution in [0, 0.1) is 5.82 Å². The first kappa shape index (κ1) is 15.0. The second-order valence-electron chi connectivity index (χ2n) is 5.68. The van der Waals surface area contributed by atoms with Crippen LogP contribution in [0.4, 0.5) is 4.39 Å². The van der Waals surface area contributed by atoms with E-state index in [0.29, 0.717) is 6.42 Å². The number of aliphatic hydroxyl groups is 1. The normalized spacial score (nSPS) is 18.1. The molecule has 4 heteroatoms. The van der Waals surface area contributed by atoms with Gasteiger partial charge in [-0.05, 0) is 50.3 Å². The van der Waals surface area contributed by atoms with Gasteiger partial charge in [-0.3, -0.25) is 4.79 Å². The van der Waals surface area contributed by atoms with E-state index in [2.05, 4.69) is 5.32 Å². The van der Waals surface area contributed by atoms with Crippen LogP contribution >= 0.6 is 0 Å². The molecule has 0 heterocycles. The lowest BCUT2D eigenvalue weighted by atomic mass is 9.63. The van der Waals surface area contributed by atoms with Crippen LogP contribution in [0.25, 0.3) is 0 Å². The molecule has 0 spiro atoms. The summed E-state index contributed by atoms with van der Waals surface area (Å²) in [7, 11) is 0. The van der Waals surface area contributed by atoms with E-state index in [4.69, 9.17) is 5.11 Å². The Morgan fingerprint density at radius 1 is 1.40 bits per heavy atom. The number of carbonyl (C=O) groups is 1. The Kier molecular flexibility index (Phi) is 4.76. The topological polar surface area (TPSA) is 49.3 Å². The van der Waals surface area contributed by atoms with Gasteiger partial charge in [-0.15, -0.1) is 0 Å². The van der Waals surface area contributed by atoms with Crippen LogP contribution < -0.4 is 5.32 Å². The lowest BCUT2D eigenvalue weighted by Crippen LogP contribution is -2.51. The highest BCUT2D eigenvalue weighted by molar-refractivity contribution is 5.89. The molecule has 1 fully saturated rings. The molecule has 1 aliphatic rings. The molecule has 1 atom stereocenters. The Balaban J connectivity index is 2.07. The highest BCUT2D eigenvalue weighted by Gasteiger charge is 2.45. The van der Waals surface area contributed by atoms with Gasteiger partial charge in [0.25, 0.3) is 0 Å². The third-order valence-electron chi connectivity index (χ3n) is 4.21. The molecule has 1 aromatic rings. The molecule has 1 unspecified atom stereocenters. The van der Waals surface area contributed by atoms with Crippen LogP contribution in [0.1, 0.15) is 44.6 Å².